The Morgan fingerprint density at radius 2 is 1.61 bits per heavy atom. The van der Waals surface area contributed by atoms with Crippen molar-refractivity contribution < 1.29 is 27.9 Å². The second-order valence-electron chi connectivity index (χ2n) is 6.95. The average molecular weight is 391 g/mol. The maximum Gasteiger partial charge on any atom is 0.416 e. The standard InChI is InChI=1S/C21H20F3NO3/c22-21(23,24)16-7-5-15(6-8-16)17-3-1-2-4-18(17)20(28)25-11-9-14(10-12-25)13-19(26)27/h1-8,14H,9-13H2,(H,26,27). The highest BCUT2D eigenvalue weighted by Gasteiger charge is 2.30. The molecule has 1 aliphatic heterocycles. The molecule has 0 unspecified atom stereocenters. The van der Waals surface area contributed by atoms with Gasteiger partial charge in [-0.1, -0.05) is 30.3 Å². The molecule has 2 aromatic carbocycles. The van der Waals surface area contributed by atoms with Crippen molar-refractivity contribution in [2.75, 3.05) is 13.1 Å². The lowest BCUT2D eigenvalue weighted by Crippen LogP contribution is -2.39. The van der Waals surface area contributed by atoms with Gasteiger partial charge in [0.1, 0.15) is 0 Å². The predicted molar refractivity (Wildman–Crippen MR) is 97.8 cm³/mol. The lowest BCUT2D eigenvalue weighted by atomic mass is 9.92. The number of rotatable bonds is 4. The van der Waals surface area contributed by atoms with Crippen molar-refractivity contribution in [2.24, 2.45) is 5.92 Å². The van der Waals surface area contributed by atoms with Crippen molar-refractivity contribution in [3.8, 4) is 11.1 Å². The number of hydrogen-bond acceptors (Lipinski definition) is 2. The fourth-order valence-electron chi connectivity index (χ4n) is 3.52. The summed E-state index contributed by atoms with van der Waals surface area (Å²) in [5.74, 6) is -0.964. The van der Waals surface area contributed by atoms with Crippen LogP contribution < -0.4 is 0 Å². The minimum atomic E-state index is -4.41. The van der Waals surface area contributed by atoms with Crippen molar-refractivity contribution in [1.82, 2.24) is 4.90 Å². The van der Waals surface area contributed by atoms with E-state index in [0.29, 0.717) is 42.6 Å². The molecule has 28 heavy (non-hydrogen) atoms. The van der Waals surface area contributed by atoms with Crippen LogP contribution in [0.15, 0.2) is 48.5 Å². The molecule has 0 aromatic heterocycles. The highest BCUT2D eigenvalue weighted by molar-refractivity contribution is 6.01. The van der Waals surface area contributed by atoms with Crippen molar-refractivity contribution >= 4 is 11.9 Å². The van der Waals surface area contributed by atoms with Crippen LogP contribution in [0.4, 0.5) is 13.2 Å². The van der Waals surface area contributed by atoms with Gasteiger partial charge in [-0.15, -0.1) is 0 Å². The van der Waals surface area contributed by atoms with E-state index in [0.717, 1.165) is 12.1 Å². The number of piperidine rings is 1. The molecule has 1 fully saturated rings. The Bertz CT molecular complexity index is 854. The summed E-state index contributed by atoms with van der Waals surface area (Å²) in [4.78, 5) is 25.5. The van der Waals surface area contributed by atoms with Crippen LogP contribution >= 0.6 is 0 Å². The lowest BCUT2D eigenvalue weighted by Gasteiger charge is -2.32. The number of carbonyl (C=O) groups excluding carboxylic acids is 1. The van der Waals surface area contributed by atoms with Gasteiger partial charge in [0.2, 0.25) is 0 Å². The first-order valence-corrected chi connectivity index (χ1v) is 9.03. The highest BCUT2D eigenvalue weighted by atomic mass is 19.4. The van der Waals surface area contributed by atoms with Gasteiger partial charge in [-0.05, 0) is 48.1 Å². The quantitative estimate of drug-likeness (QED) is 0.822. The van der Waals surface area contributed by atoms with Crippen LogP contribution in [0.25, 0.3) is 11.1 Å². The van der Waals surface area contributed by atoms with Crippen molar-refractivity contribution in [2.45, 2.75) is 25.4 Å². The number of alkyl halides is 3. The first-order chi connectivity index (χ1) is 13.3. The van der Waals surface area contributed by atoms with Crippen LogP contribution in [0.1, 0.15) is 35.2 Å². The molecule has 4 nitrogen and oxygen atoms in total. The molecule has 148 valence electrons. The first-order valence-electron chi connectivity index (χ1n) is 9.03. The fraction of sp³-hybridized carbons (Fsp3) is 0.333. The zero-order chi connectivity index (χ0) is 20.3. The molecule has 1 aliphatic rings. The number of hydrogen-bond donors (Lipinski definition) is 1. The molecule has 1 heterocycles. The summed E-state index contributed by atoms with van der Waals surface area (Å²) < 4.78 is 38.4. The normalized spacial score (nSPS) is 15.5. The van der Waals surface area contributed by atoms with E-state index in [1.807, 2.05) is 0 Å². The summed E-state index contributed by atoms with van der Waals surface area (Å²) in [6.07, 6.45) is -3.06. The lowest BCUT2D eigenvalue weighted by molar-refractivity contribution is -0.139. The van der Waals surface area contributed by atoms with Crippen molar-refractivity contribution in [1.29, 1.82) is 0 Å². The number of aliphatic carboxylic acids is 1. The number of carbonyl (C=O) groups is 2. The average Bonchev–Trinajstić information content (AvgIpc) is 2.67. The summed E-state index contributed by atoms with van der Waals surface area (Å²) in [7, 11) is 0. The smallest absolute Gasteiger partial charge is 0.416 e. The third kappa shape index (κ3) is 4.52. The highest BCUT2D eigenvalue weighted by Crippen LogP contribution is 2.32. The second kappa shape index (κ2) is 8.04. The Labute approximate surface area is 160 Å². The van der Waals surface area contributed by atoms with E-state index in [4.69, 9.17) is 5.11 Å². The van der Waals surface area contributed by atoms with E-state index in [1.54, 1.807) is 29.2 Å². The summed E-state index contributed by atoms with van der Waals surface area (Å²) in [6, 6.07) is 11.6. The number of likely N-dealkylation sites (tertiary alicyclic amines) is 1. The van der Waals surface area contributed by atoms with Gasteiger partial charge in [-0.3, -0.25) is 9.59 Å². The van der Waals surface area contributed by atoms with Gasteiger partial charge in [-0.2, -0.15) is 13.2 Å². The summed E-state index contributed by atoms with van der Waals surface area (Å²) >= 11 is 0. The van der Waals surface area contributed by atoms with Gasteiger partial charge in [-0.25, -0.2) is 0 Å². The Kier molecular flexibility index (Phi) is 5.72. The van der Waals surface area contributed by atoms with Crippen LogP contribution in [-0.2, 0) is 11.0 Å². The number of halogens is 3. The molecule has 1 amide bonds. The number of benzene rings is 2. The van der Waals surface area contributed by atoms with Gasteiger partial charge >= 0.3 is 12.1 Å². The Morgan fingerprint density at radius 1 is 1.00 bits per heavy atom. The van der Waals surface area contributed by atoms with Crippen molar-refractivity contribution in [3.63, 3.8) is 0 Å². The SMILES string of the molecule is O=C(O)CC1CCN(C(=O)c2ccccc2-c2ccc(C(F)(F)F)cc2)CC1. The molecule has 0 atom stereocenters. The summed E-state index contributed by atoms with van der Waals surface area (Å²) in [5.41, 5.74) is 0.811. The van der Waals surface area contributed by atoms with Gasteiger partial charge in [0.15, 0.2) is 0 Å². The van der Waals surface area contributed by atoms with Crippen LogP contribution in [0.2, 0.25) is 0 Å². The molecule has 0 aliphatic carbocycles. The molecule has 3 rings (SSSR count). The van der Waals surface area contributed by atoms with Crippen molar-refractivity contribution in [3.05, 3.63) is 59.7 Å². The predicted octanol–water partition coefficient (Wildman–Crippen LogP) is 4.70. The van der Waals surface area contributed by atoms with E-state index in [9.17, 15) is 22.8 Å². The largest absolute Gasteiger partial charge is 0.481 e. The Balaban J connectivity index is 1.79. The van der Waals surface area contributed by atoms with E-state index in [-0.39, 0.29) is 18.2 Å². The van der Waals surface area contributed by atoms with E-state index >= 15 is 0 Å². The maximum atomic E-state index is 13.0. The molecule has 1 saturated heterocycles. The van der Waals surface area contributed by atoms with Crippen LogP contribution in [0, 0.1) is 5.92 Å². The summed E-state index contributed by atoms with van der Waals surface area (Å²) in [5, 5.41) is 8.90. The van der Waals surface area contributed by atoms with Gasteiger partial charge in [0.25, 0.3) is 5.91 Å². The number of amides is 1. The van der Waals surface area contributed by atoms with Crippen LogP contribution in [0.3, 0.4) is 0 Å². The van der Waals surface area contributed by atoms with Crippen LogP contribution in [0.5, 0.6) is 0 Å². The van der Waals surface area contributed by atoms with E-state index in [2.05, 4.69) is 0 Å². The molecule has 7 heteroatoms. The molecule has 0 bridgehead atoms. The number of carboxylic acid groups (broad SMARTS) is 1. The molecular weight excluding hydrogens is 371 g/mol. The van der Waals surface area contributed by atoms with Gasteiger partial charge in [0, 0.05) is 25.1 Å². The topological polar surface area (TPSA) is 57.6 Å². The van der Waals surface area contributed by atoms with Gasteiger partial charge in [0.05, 0.1) is 5.56 Å². The maximum absolute atomic E-state index is 13.0. The third-order valence-corrected chi connectivity index (χ3v) is 5.05. The molecular formula is C21H20F3NO3. The zero-order valence-electron chi connectivity index (χ0n) is 15.1. The minimum Gasteiger partial charge on any atom is -0.481 e. The third-order valence-electron chi connectivity index (χ3n) is 5.05. The monoisotopic (exact) mass is 391 g/mol. The molecule has 2 aromatic rings. The number of nitrogens with zero attached hydrogens (tertiary/aromatic N) is 1. The van der Waals surface area contributed by atoms with Gasteiger partial charge < -0.3 is 10.0 Å². The molecule has 0 saturated carbocycles. The fourth-order valence-corrected chi connectivity index (χ4v) is 3.52. The number of carboxylic acids is 1. The molecule has 1 N–H and O–H groups in total. The molecule has 0 spiro atoms. The minimum absolute atomic E-state index is 0.0618. The van der Waals surface area contributed by atoms with Crippen LogP contribution in [-0.4, -0.2) is 35.0 Å². The first kappa shape index (κ1) is 19.9. The Morgan fingerprint density at radius 3 is 2.18 bits per heavy atom. The summed E-state index contributed by atoms with van der Waals surface area (Å²) in [6.45, 7) is 0.941. The molecule has 0 radical (unpaired) electrons. The van der Waals surface area contributed by atoms with E-state index in [1.165, 1.54) is 12.1 Å². The van der Waals surface area contributed by atoms with E-state index < -0.39 is 17.7 Å². The zero-order valence-corrected chi connectivity index (χ0v) is 15.1. The second-order valence-corrected chi connectivity index (χ2v) is 6.95. The Hall–Kier alpha value is -2.83.